The number of carbonyl (C=O) groups excluding carboxylic acids is 1. The summed E-state index contributed by atoms with van der Waals surface area (Å²) in [6.07, 6.45) is -6.96. The van der Waals surface area contributed by atoms with Gasteiger partial charge in [-0.2, -0.15) is 26.3 Å². The number of nitrogens with zero attached hydrogens (tertiary/aromatic N) is 2. The zero-order chi connectivity index (χ0) is 23.2. The van der Waals surface area contributed by atoms with Crippen LogP contribution >= 0.6 is 0 Å². The van der Waals surface area contributed by atoms with Gasteiger partial charge in [0.15, 0.2) is 0 Å². The third kappa shape index (κ3) is 7.07. The van der Waals surface area contributed by atoms with Crippen LogP contribution in [0.2, 0.25) is 0 Å². The van der Waals surface area contributed by atoms with Crippen molar-refractivity contribution < 1.29 is 35.9 Å². The first-order valence-corrected chi connectivity index (χ1v) is 9.57. The molecule has 0 aromatic carbocycles. The predicted molar refractivity (Wildman–Crippen MR) is 102 cm³/mol. The standard InChI is InChI=1S/C20H28F6N2O2/c1-5-8-10-15(9-6-2)12-28(11-7-3)18(4)13-27(14-18)17(29)30-16(19(21,22)23)20(24,25)26/h5-6,8-10,16H,7,11-14H2,1-4H3/b8-5-,9-6-,15-10+. The normalized spacial score (nSPS) is 18.0. The van der Waals surface area contributed by atoms with Crippen molar-refractivity contribution in [2.24, 2.45) is 0 Å². The highest BCUT2D eigenvalue weighted by Gasteiger charge is 2.61. The molecule has 30 heavy (non-hydrogen) atoms. The Morgan fingerprint density at radius 3 is 2.13 bits per heavy atom. The fraction of sp³-hybridized carbons (Fsp3) is 0.650. The van der Waals surface area contributed by atoms with Crippen LogP contribution in [-0.2, 0) is 4.74 Å². The van der Waals surface area contributed by atoms with Gasteiger partial charge in [0.25, 0.3) is 6.10 Å². The van der Waals surface area contributed by atoms with Crippen LogP contribution in [0.1, 0.15) is 34.1 Å². The topological polar surface area (TPSA) is 32.8 Å². The second-order valence-electron chi connectivity index (χ2n) is 7.39. The Morgan fingerprint density at radius 2 is 1.70 bits per heavy atom. The Hall–Kier alpha value is -1.97. The molecule has 0 spiro atoms. The van der Waals surface area contributed by atoms with Gasteiger partial charge in [0.1, 0.15) is 0 Å². The zero-order valence-electron chi connectivity index (χ0n) is 17.5. The molecule has 1 fully saturated rings. The highest BCUT2D eigenvalue weighted by Crippen LogP contribution is 2.37. The first-order valence-electron chi connectivity index (χ1n) is 9.57. The molecule has 0 bridgehead atoms. The summed E-state index contributed by atoms with van der Waals surface area (Å²) in [4.78, 5) is 14.8. The molecule has 1 rings (SSSR count). The third-order valence-corrected chi connectivity index (χ3v) is 4.65. The molecule has 0 aromatic heterocycles. The van der Waals surface area contributed by atoms with Gasteiger partial charge in [0.05, 0.1) is 5.54 Å². The average Bonchev–Trinajstić information content (AvgIpc) is 2.59. The van der Waals surface area contributed by atoms with E-state index in [2.05, 4.69) is 9.64 Å². The van der Waals surface area contributed by atoms with Crippen molar-refractivity contribution in [1.82, 2.24) is 9.80 Å². The average molecular weight is 442 g/mol. The lowest BCUT2D eigenvalue weighted by atomic mass is 9.89. The summed E-state index contributed by atoms with van der Waals surface area (Å²) in [6.45, 7) is 8.65. The summed E-state index contributed by atoms with van der Waals surface area (Å²) < 4.78 is 79.5. The first kappa shape index (κ1) is 26.1. The van der Waals surface area contributed by atoms with E-state index in [4.69, 9.17) is 0 Å². The summed E-state index contributed by atoms with van der Waals surface area (Å²) in [6, 6.07) is 0. The van der Waals surface area contributed by atoms with Gasteiger partial charge in [-0.25, -0.2) is 4.79 Å². The Balaban J connectivity index is 2.87. The quantitative estimate of drug-likeness (QED) is 0.369. The van der Waals surface area contributed by atoms with Crippen molar-refractivity contribution in [2.45, 2.75) is 58.1 Å². The second-order valence-corrected chi connectivity index (χ2v) is 7.39. The third-order valence-electron chi connectivity index (χ3n) is 4.65. The van der Waals surface area contributed by atoms with Crippen LogP contribution in [0.15, 0.2) is 36.0 Å². The van der Waals surface area contributed by atoms with E-state index in [1.807, 2.05) is 58.1 Å². The molecule has 0 aliphatic carbocycles. The molecule has 0 radical (unpaired) electrons. The molecule has 1 amide bonds. The lowest BCUT2D eigenvalue weighted by molar-refractivity contribution is -0.309. The van der Waals surface area contributed by atoms with E-state index in [1.54, 1.807) is 0 Å². The maximum absolute atomic E-state index is 12.6. The van der Waals surface area contributed by atoms with Crippen LogP contribution in [0.25, 0.3) is 0 Å². The van der Waals surface area contributed by atoms with Crippen molar-refractivity contribution in [3.05, 3.63) is 36.0 Å². The number of rotatable bonds is 8. The zero-order valence-corrected chi connectivity index (χ0v) is 17.5. The van der Waals surface area contributed by atoms with E-state index >= 15 is 0 Å². The lowest BCUT2D eigenvalue weighted by Gasteiger charge is -2.53. The van der Waals surface area contributed by atoms with Crippen molar-refractivity contribution >= 4 is 6.09 Å². The minimum atomic E-state index is -5.73. The van der Waals surface area contributed by atoms with Crippen molar-refractivity contribution in [3.63, 3.8) is 0 Å². The summed E-state index contributed by atoms with van der Waals surface area (Å²) in [5.74, 6) is 0. The molecule has 0 N–H and O–H groups in total. The van der Waals surface area contributed by atoms with Crippen LogP contribution in [0.4, 0.5) is 31.1 Å². The van der Waals surface area contributed by atoms with E-state index in [0.29, 0.717) is 13.1 Å². The van der Waals surface area contributed by atoms with Gasteiger partial charge in [-0.3, -0.25) is 4.90 Å². The van der Waals surface area contributed by atoms with Gasteiger partial charge >= 0.3 is 18.4 Å². The van der Waals surface area contributed by atoms with E-state index in [9.17, 15) is 31.1 Å². The largest absolute Gasteiger partial charge is 0.434 e. The fourth-order valence-electron chi connectivity index (χ4n) is 3.22. The minimum absolute atomic E-state index is 0.0268. The molecule has 4 nitrogen and oxygen atoms in total. The van der Waals surface area contributed by atoms with E-state index in [0.717, 1.165) is 16.9 Å². The minimum Gasteiger partial charge on any atom is -0.426 e. The number of hydrogen-bond acceptors (Lipinski definition) is 3. The van der Waals surface area contributed by atoms with Crippen LogP contribution in [0.5, 0.6) is 0 Å². The summed E-state index contributed by atoms with van der Waals surface area (Å²) in [5, 5.41) is 0. The molecule has 0 saturated carbocycles. The first-order chi connectivity index (χ1) is 13.8. The maximum atomic E-state index is 12.6. The number of amides is 1. The number of hydrogen-bond donors (Lipinski definition) is 0. The Labute approximate surface area is 172 Å². The highest BCUT2D eigenvalue weighted by atomic mass is 19.4. The SMILES string of the molecule is C\C=C/C=C(\C=C/C)CN(CCC)C1(C)CN(C(=O)OC(C(F)(F)F)C(F)(F)F)C1. The summed E-state index contributed by atoms with van der Waals surface area (Å²) in [7, 11) is 0. The number of likely N-dealkylation sites (tertiary alicyclic amines) is 1. The van der Waals surface area contributed by atoms with E-state index < -0.39 is 30.1 Å². The van der Waals surface area contributed by atoms with Gasteiger partial charge in [-0.15, -0.1) is 0 Å². The molecular formula is C20H28F6N2O2. The van der Waals surface area contributed by atoms with Crippen LogP contribution < -0.4 is 0 Å². The molecule has 1 aliphatic rings. The predicted octanol–water partition coefficient (Wildman–Crippen LogP) is 5.48. The van der Waals surface area contributed by atoms with Crippen molar-refractivity contribution in [3.8, 4) is 0 Å². The number of alkyl halides is 6. The van der Waals surface area contributed by atoms with Crippen molar-refractivity contribution in [1.29, 1.82) is 0 Å². The summed E-state index contributed by atoms with van der Waals surface area (Å²) >= 11 is 0. The van der Waals surface area contributed by atoms with Crippen LogP contribution in [0.3, 0.4) is 0 Å². The molecule has 10 heteroatoms. The molecular weight excluding hydrogens is 414 g/mol. The van der Waals surface area contributed by atoms with Gasteiger partial charge < -0.3 is 9.64 Å². The molecule has 0 unspecified atom stereocenters. The fourth-order valence-corrected chi connectivity index (χ4v) is 3.22. The maximum Gasteiger partial charge on any atom is 0.434 e. The molecule has 1 saturated heterocycles. The molecule has 1 heterocycles. The Bertz CT molecular complexity index is 647. The second kappa shape index (κ2) is 10.4. The van der Waals surface area contributed by atoms with E-state index in [1.165, 1.54) is 0 Å². The van der Waals surface area contributed by atoms with Gasteiger partial charge in [0, 0.05) is 19.6 Å². The number of halogens is 6. The summed E-state index contributed by atoms with van der Waals surface area (Å²) in [5.41, 5.74) is 0.401. The molecule has 1 aliphatic heterocycles. The van der Waals surface area contributed by atoms with Crippen molar-refractivity contribution in [2.75, 3.05) is 26.2 Å². The van der Waals surface area contributed by atoms with Gasteiger partial charge in [-0.1, -0.05) is 37.3 Å². The van der Waals surface area contributed by atoms with Crippen LogP contribution in [-0.4, -0.2) is 66.1 Å². The highest BCUT2D eigenvalue weighted by molar-refractivity contribution is 5.69. The monoisotopic (exact) mass is 442 g/mol. The lowest BCUT2D eigenvalue weighted by Crippen LogP contribution is -2.70. The number of allylic oxidation sites excluding steroid dienone is 4. The number of carbonyl (C=O) groups is 1. The molecule has 172 valence electrons. The Morgan fingerprint density at radius 1 is 1.13 bits per heavy atom. The smallest absolute Gasteiger partial charge is 0.426 e. The molecule has 0 atom stereocenters. The number of ether oxygens (including phenoxy) is 1. The molecule has 0 aromatic rings. The van der Waals surface area contributed by atoms with Crippen LogP contribution in [0, 0.1) is 0 Å². The van der Waals surface area contributed by atoms with Gasteiger partial charge in [0.2, 0.25) is 0 Å². The van der Waals surface area contributed by atoms with Gasteiger partial charge in [-0.05, 0) is 39.3 Å². The Kier molecular flexibility index (Phi) is 9.01. The van der Waals surface area contributed by atoms with E-state index in [-0.39, 0.29) is 13.1 Å².